The summed E-state index contributed by atoms with van der Waals surface area (Å²) < 4.78 is 25.7. The average Bonchev–Trinajstić information content (AvgIpc) is 2.47. The summed E-state index contributed by atoms with van der Waals surface area (Å²) in [5.41, 5.74) is 2.19. The first-order chi connectivity index (χ1) is 6.54. The fraction of sp³-hybridized carbons (Fsp3) is 0.333. The van der Waals surface area contributed by atoms with E-state index in [2.05, 4.69) is 5.32 Å². The molecule has 58 valence electrons. The van der Waals surface area contributed by atoms with E-state index in [0.29, 0.717) is 5.75 Å². The van der Waals surface area contributed by atoms with Gasteiger partial charge in [0.2, 0.25) is 0 Å². The number of rotatable bonds is 1. The van der Waals surface area contributed by atoms with Crippen LogP contribution in [0.25, 0.3) is 0 Å². The Labute approximate surface area is 70.4 Å². The molecule has 0 atom stereocenters. The zero-order valence-electron chi connectivity index (χ0n) is 9.05. The number of hydrogen-bond donors (Lipinski definition) is 1. The smallest absolute Gasteiger partial charge is 0.120 e. The number of fused-ring (bicyclic) bond motifs is 1. The van der Waals surface area contributed by atoms with Gasteiger partial charge in [0.25, 0.3) is 0 Å². The lowest BCUT2D eigenvalue weighted by Crippen LogP contribution is -1.91. The summed E-state index contributed by atoms with van der Waals surface area (Å²) in [6, 6.07) is 5.32. The molecule has 1 aliphatic rings. The monoisotopic (exact) mass is 152 g/mol. The van der Waals surface area contributed by atoms with Gasteiger partial charge in [0.05, 0.1) is 11.2 Å². The first-order valence-corrected chi connectivity index (χ1v) is 3.60. The molecular weight excluding hydrogens is 138 g/mol. The van der Waals surface area contributed by atoms with Crippen LogP contribution in [0.5, 0.6) is 5.75 Å². The number of methoxy groups -OCH3 is 1. The van der Waals surface area contributed by atoms with Crippen LogP contribution in [0.2, 0.25) is 0 Å². The number of anilines is 1. The molecule has 0 saturated heterocycles. The van der Waals surface area contributed by atoms with E-state index in [1.165, 1.54) is 5.56 Å². The van der Waals surface area contributed by atoms with Crippen LogP contribution in [-0.2, 0) is 6.42 Å². The molecule has 1 aromatic carbocycles. The van der Waals surface area contributed by atoms with Gasteiger partial charge in [-0.25, -0.2) is 0 Å². The maximum absolute atomic E-state index is 6.96. The van der Waals surface area contributed by atoms with Crippen LogP contribution in [-0.4, -0.2) is 13.6 Å². The van der Waals surface area contributed by atoms with E-state index < -0.39 is 7.04 Å². The fourth-order valence-corrected chi connectivity index (χ4v) is 1.33. The topological polar surface area (TPSA) is 21.3 Å². The van der Waals surface area contributed by atoms with Gasteiger partial charge in [-0.2, -0.15) is 0 Å². The molecule has 2 heteroatoms. The molecule has 2 rings (SSSR count). The highest BCUT2D eigenvalue weighted by atomic mass is 16.5. The number of nitrogens with one attached hydrogen (secondary N) is 1. The van der Waals surface area contributed by atoms with Gasteiger partial charge >= 0.3 is 0 Å². The zero-order chi connectivity index (χ0) is 10.2. The first-order valence-electron chi connectivity index (χ1n) is 5.10. The van der Waals surface area contributed by atoms with Crippen molar-refractivity contribution < 1.29 is 8.85 Å². The summed E-state index contributed by atoms with van der Waals surface area (Å²) in [6.45, 7) is 0.909. The molecule has 0 saturated carbocycles. The predicted molar refractivity (Wildman–Crippen MR) is 45.2 cm³/mol. The molecule has 0 fully saturated rings. The van der Waals surface area contributed by atoms with Crippen molar-refractivity contribution in [3.63, 3.8) is 0 Å². The van der Waals surface area contributed by atoms with Gasteiger partial charge in [-0.05, 0) is 18.1 Å². The Morgan fingerprint density at radius 2 is 2.64 bits per heavy atom. The summed E-state index contributed by atoms with van der Waals surface area (Å²) in [4.78, 5) is 0. The summed E-state index contributed by atoms with van der Waals surface area (Å²) in [6.07, 6.45) is 0.989. The van der Waals surface area contributed by atoms with Crippen molar-refractivity contribution in [2.75, 3.05) is 18.9 Å². The van der Waals surface area contributed by atoms with Gasteiger partial charge in [0, 0.05) is 18.3 Å². The van der Waals surface area contributed by atoms with Gasteiger partial charge < -0.3 is 10.1 Å². The normalized spacial score (nSPS) is 19.1. The highest BCUT2D eigenvalue weighted by molar-refractivity contribution is 5.58. The van der Waals surface area contributed by atoms with Gasteiger partial charge in [-0.1, -0.05) is 6.07 Å². The predicted octanol–water partition coefficient (Wildman–Crippen LogP) is 1.66. The number of hydrogen-bond acceptors (Lipinski definition) is 2. The Morgan fingerprint density at radius 3 is 3.55 bits per heavy atom. The maximum atomic E-state index is 6.96. The highest BCUT2D eigenvalue weighted by Crippen LogP contribution is 2.26. The third-order valence-electron chi connectivity index (χ3n) is 1.91. The molecular formula is C9H11NO. The molecule has 0 aliphatic carbocycles. The van der Waals surface area contributed by atoms with Crippen molar-refractivity contribution in [2.24, 2.45) is 0 Å². The second-order valence-corrected chi connectivity index (χ2v) is 2.60. The molecule has 0 radical (unpaired) electrons. The number of ether oxygens (including phenoxy) is 1. The second kappa shape index (κ2) is 2.46. The molecule has 1 N–H and O–H groups in total. The van der Waals surface area contributed by atoms with Crippen molar-refractivity contribution in [3.05, 3.63) is 23.8 Å². The van der Waals surface area contributed by atoms with E-state index >= 15 is 0 Å². The maximum Gasteiger partial charge on any atom is 0.120 e. The minimum atomic E-state index is -2.37. The van der Waals surface area contributed by atoms with Crippen LogP contribution in [0.15, 0.2) is 18.2 Å². The molecule has 11 heavy (non-hydrogen) atoms. The SMILES string of the molecule is [2H]C([2H])([2H])Oc1ccc2c(c1)NCC2. The molecule has 0 spiro atoms. The Bertz CT molecular complexity index is 348. The fourth-order valence-electron chi connectivity index (χ4n) is 1.33. The van der Waals surface area contributed by atoms with Crippen molar-refractivity contribution in [1.29, 1.82) is 0 Å². The Morgan fingerprint density at radius 1 is 1.64 bits per heavy atom. The van der Waals surface area contributed by atoms with Crippen molar-refractivity contribution in [2.45, 2.75) is 6.42 Å². The lowest BCUT2D eigenvalue weighted by molar-refractivity contribution is 0.415. The molecule has 0 unspecified atom stereocenters. The molecule has 1 heterocycles. The summed E-state index contributed by atoms with van der Waals surface area (Å²) in [5, 5.41) is 3.16. The zero-order valence-corrected chi connectivity index (χ0v) is 6.05. The Balaban J connectivity index is 2.21. The molecule has 0 aromatic heterocycles. The van der Waals surface area contributed by atoms with Gasteiger partial charge in [-0.15, -0.1) is 0 Å². The largest absolute Gasteiger partial charge is 0.497 e. The highest BCUT2D eigenvalue weighted by Gasteiger charge is 2.09. The third kappa shape index (κ3) is 1.04. The van der Waals surface area contributed by atoms with Crippen molar-refractivity contribution >= 4 is 5.69 Å². The van der Waals surface area contributed by atoms with Crippen molar-refractivity contribution in [1.82, 2.24) is 0 Å². The molecule has 0 bridgehead atoms. The first kappa shape index (κ1) is 4.00. The summed E-state index contributed by atoms with van der Waals surface area (Å²) in [7, 11) is -2.37. The van der Waals surface area contributed by atoms with E-state index in [1.807, 2.05) is 6.07 Å². The van der Waals surface area contributed by atoms with Crippen LogP contribution in [0.1, 0.15) is 9.68 Å². The lowest BCUT2D eigenvalue weighted by Gasteiger charge is -2.02. The molecule has 0 amide bonds. The van der Waals surface area contributed by atoms with E-state index in [1.54, 1.807) is 12.1 Å². The van der Waals surface area contributed by atoms with E-state index in [4.69, 9.17) is 8.85 Å². The van der Waals surface area contributed by atoms with Gasteiger partial charge in [0.15, 0.2) is 0 Å². The minimum absolute atomic E-state index is 0.387. The molecule has 2 nitrogen and oxygen atoms in total. The quantitative estimate of drug-likeness (QED) is 0.660. The average molecular weight is 152 g/mol. The third-order valence-corrected chi connectivity index (χ3v) is 1.91. The van der Waals surface area contributed by atoms with E-state index in [9.17, 15) is 0 Å². The lowest BCUT2D eigenvalue weighted by atomic mass is 10.2. The minimum Gasteiger partial charge on any atom is -0.497 e. The second-order valence-electron chi connectivity index (χ2n) is 2.60. The van der Waals surface area contributed by atoms with Crippen LogP contribution in [0.3, 0.4) is 0 Å². The van der Waals surface area contributed by atoms with E-state index in [0.717, 1.165) is 18.7 Å². The van der Waals surface area contributed by atoms with Crippen LogP contribution in [0.4, 0.5) is 5.69 Å². The Kier molecular flexibility index (Phi) is 0.893. The van der Waals surface area contributed by atoms with Crippen LogP contribution < -0.4 is 10.1 Å². The Hall–Kier alpha value is -1.18. The summed E-state index contributed by atoms with van der Waals surface area (Å²) in [5.74, 6) is 0.387. The van der Waals surface area contributed by atoms with Crippen LogP contribution >= 0.6 is 0 Å². The van der Waals surface area contributed by atoms with Gasteiger partial charge in [-0.3, -0.25) is 0 Å². The summed E-state index contributed by atoms with van der Waals surface area (Å²) >= 11 is 0. The van der Waals surface area contributed by atoms with Gasteiger partial charge in [0.1, 0.15) is 5.75 Å². The van der Waals surface area contributed by atoms with Crippen molar-refractivity contribution in [3.8, 4) is 5.75 Å². The standard InChI is InChI=1S/C9H11NO/c1-11-8-3-2-7-4-5-10-9(7)6-8/h2-3,6,10H,4-5H2,1H3/i1D3. The molecule has 1 aromatic rings. The number of benzene rings is 1. The molecule has 1 aliphatic heterocycles. The van der Waals surface area contributed by atoms with Crippen LogP contribution in [0, 0.1) is 0 Å². The van der Waals surface area contributed by atoms with E-state index in [-0.39, 0.29) is 0 Å².